The highest BCUT2D eigenvalue weighted by molar-refractivity contribution is 14.0. The van der Waals surface area contributed by atoms with Crippen LogP contribution in [0.4, 0.5) is 0 Å². The summed E-state index contributed by atoms with van der Waals surface area (Å²) in [5.74, 6) is 2.60. The second-order valence-electron chi connectivity index (χ2n) is 5.57. The van der Waals surface area contributed by atoms with Gasteiger partial charge in [0.05, 0.1) is 19.3 Å². The normalized spacial score (nSPS) is 14.3. The van der Waals surface area contributed by atoms with E-state index >= 15 is 0 Å². The lowest BCUT2D eigenvalue weighted by atomic mass is 10.1. The fraction of sp³-hybridized carbons (Fsp3) is 0.625. The molecule has 2 rings (SSSR count). The lowest BCUT2D eigenvalue weighted by Crippen LogP contribution is -2.38. The van der Waals surface area contributed by atoms with E-state index in [2.05, 4.69) is 27.5 Å². The first-order valence-electron chi connectivity index (χ1n) is 7.67. The predicted octanol–water partition coefficient (Wildman–Crippen LogP) is 2.79. The van der Waals surface area contributed by atoms with Gasteiger partial charge in [0.15, 0.2) is 5.96 Å². The van der Waals surface area contributed by atoms with Crippen LogP contribution in [0.3, 0.4) is 0 Å². The Morgan fingerprint density at radius 3 is 2.68 bits per heavy atom. The molecule has 0 saturated heterocycles. The maximum absolute atomic E-state index is 5.44. The molecule has 1 saturated carbocycles. The topological polar surface area (TPSA) is 58.5 Å². The molecule has 1 fully saturated rings. The number of guanidine groups is 1. The molecule has 0 aliphatic heterocycles. The molecule has 1 aliphatic carbocycles. The number of halogens is 1. The number of rotatable bonds is 6. The number of nitrogens with one attached hydrogen (secondary N) is 2. The Balaban J connectivity index is 0.00000242. The molecular weight excluding hydrogens is 391 g/mol. The van der Waals surface area contributed by atoms with Gasteiger partial charge < -0.3 is 15.4 Å². The number of aliphatic imine (C=N–C) groups is 1. The van der Waals surface area contributed by atoms with Crippen LogP contribution < -0.4 is 15.4 Å². The Morgan fingerprint density at radius 2 is 2.09 bits per heavy atom. The highest BCUT2D eigenvalue weighted by Crippen LogP contribution is 2.27. The third-order valence-electron chi connectivity index (χ3n) is 3.74. The van der Waals surface area contributed by atoms with Crippen LogP contribution in [-0.2, 0) is 6.54 Å². The summed E-state index contributed by atoms with van der Waals surface area (Å²) in [6.07, 6.45) is 4.52. The van der Waals surface area contributed by atoms with Crippen LogP contribution in [0.1, 0.15) is 36.6 Å². The minimum Gasteiger partial charge on any atom is -0.496 e. The number of nitrogens with zero attached hydrogens (tertiary/aromatic N) is 2. The number of aromatic nitrogens is 1. The Kier molecular flexibility index (Phi) is 7.92. The quantitative estimate of drug-likeness (QED) is 0.424. The highest BCUT2D eigenvalue weighted by Gasteiger charge is 2.21. The van der Waals surface area contributed by atoms with Gasteiger partial charge in [-0.2, -0.15) is 0 Å². The lowest BCUT2D eigenvalue weighted by Gasteiger charge is -2.13. The summed E-state index contributed by atoms with van der Waals surface area (Å²) in [7, 11) is 1.70. The number of pyridine rings is 1. The standard InChI is InChI=1S/C16H26N4O.HI/c1-5-17-16(19-9-13-6-7-13)20-10-14-12(3)15(21-4)11(2)8-18-14;/h8,13H,5-7,9-10H2,1-4H3,(H2,17,19,20);1H. The maximum Gasteiger partial charge on any atom is 0.191 e. The summed E-state index contributed by atoms with van der Waals surface area (Å²) in [5, 5.41) is 6.67. The van der Waals surface area contributed by atoms with Crippen molar-refractivity contribution in [2.75, 3.05) is 20.2 Å². The van der Waals surface area contributed by atoms with E-state index in [1.165, 1.54) is 12.8 Å². The van der Waals surface area contributed by atoms with E-state index in [0.29, 0.717) is 6.54 Å². The molecule has 0 bridgehead atoms. The van der Waals surface area contributed by atoms with Gasteiger partial charge in [0.2, 0.25) is 0 Å². The molecule has 1 aromatic heterocycles. The third kappa shape index (κ3) is 5.30. The van der Waals surface area contributed by atoms with Crippen LogP contribution in [0.25, 0.3) is 0 Å². The van der Waals surface area contributed by atoms with Crippen molar-refractivity contribution in [3.63, 3.8) is 0 Å². The first kappa shape index (κ1) is 19.0. The Hall–Kier alpha value is -1.05. The smallest absolute Gasteiger partial charge is 0.191 e. The molecule has 0 aromatic carbocycles. The fourth-order valence-electron chi connectivity index (χ4n) is 2.29. The van der Waals surface area contributed by atoms with E-state index in [4.69, 9.17) is 4.74 Å². The molecule has 124 valence electrons. The van der Waals surface area contributed by atoms with Crippen LogP contribution in [-0.4, -0.2) is 31.1 Å². The van der Waals surface area contributed by atoms with Gasteiger partial charge in [-0.25, -0.2) is 4.99 Å². The van der Waals surface area contributed by atoms with E-state index in [9.17, 15) is 0 Å². The predicted molar refractivity (Wildman–Crippen MR) is 101 cm³/mol. The Labute approximate surface area is 150 Å². The number of methoxy groups -OCH3 is 1. The van der Waals surface area contributed by atoms with E-state index in [1.54, 1.807) is 7.11 Å². The fourth-order valence-corrected chi connectivity index (χ4v) is 2.29. The van der Waals surface area contributed by atoms with Crippen molar-refractivity contribution in [1.29, 1.82) is 0 Å². The van der Waals surface area contributed by atoms with Crippen molar-refractivity contribution in [1.82, 2.24) is 15.6 Å². The van der Waals surface area contributed by atoms with Gasteiger partial charge in [0.1, 0.15) is 5.75 Å². The molecule has 0 amide bonds. The zero-order valence-corrected chi connectivity index (χ0v) is 16.2. The van der Waals surface area contributed by atoms with Gasteiger partial charge in [-0.05, 0) is 39.5 Å². The van der Waals surface area contributed by atoms with Crippen LogP contribution >= 0.6 is 24.0 Å². The van der Waals surface area contributed by atoms with Crippen LogP contribution in [0, 0.1) is 19.8 Å². The zero-order chi connectivity index (χ0) is 15.2. The van der Waals surface area contributed by atoms with Gasteiger partial charge in [-0.3, -0.25) is 4.98 Å². The number of hydrogen-bond acceptors (Lipinski definition) is 3. The molecular formula is C16H27IN4O. The summed E-state index contributed by atoms with van der Waals surface area (Å²) >= 11 is 0. The molecule has 0 unspecified atom stereocenters. The van der Waals surface area contributed by atoms with Crippen LogP contribution in [0.15, 0.2) is 11.2 Å². The average molecular weight is 418 g/mol. The zero-order valence-electron chi connectivity index (χ0n) is 13.9. The molecule has 1 heterocycles. The van der Waals surface area contributed by atoms with Crippen LogP contribution in [0.2, 0.25) is 0 Å². The second-order valence-corrected chi connectivity index (χ2v) is 5.57. The van der Waals surface area contributed by atoms with Crippen molar-refractivity contribution in [2.24, 2.45) is 10.9 Å². The summed E-state index contributed by atoms with van der Waals surface area (Å²) < 4.78 is 5.44. The lowest BCUT2D eigenvalue weighted by molar-refractivity contribution is 0.407. The van der Waals surface area contributed by atoms with E-state index < -0.39 is 0 Å². The molecule has 5 nitrogen and oxygen atoms in total. The molecule has 0 atom stereocenters. The largest absolute Gasteiger partial charge is 0.496 e. The summed E-state index contributed by atoms with van der Waals surface area (Å²) in [4.78, 5) is 9.11. The van der Waals surface area contributed by atoms with Crippen molar-refractivity contribution in [3.8, 4) is 5.75 Å². The third-order valence-corrected chi connectivity index (χ3v) is 3.74. The number of hydrogen-bond donors (Lipinski definition) is 2. The van der Waals surface area contributed by atoms with Gasteiger partial charge in [-0.15, -0.1) is 24.0 Å². The van der Waals surface area contributed by atoms with Crippen LogP contribution in [0.5, 0.6) is 5.75 Å². The SMILES string of the molecule is CCNC(=NCc1ncc(C)c(OC)c1C)NCC1CC1.I. The van der Waals surface area contributed by atoms with Crippen molar-refractivity contribution in [3.05, 3.63) is 23.0 Å². The molecule has 0 spiro atoms. The molecule has 6 heteroatoms. The molecule has 22 heavy (non-hydrogen) atoms. The number of ether oxygens (including phenoxy) is 1. The van der Waals surface area contributed by atoms with Gasteiger partial charge in [0, 0.05) is 30.4 Å². The van der Waals surface area contributed by atoms with Gasteiger partial charge in [-0.1, -0.05) is 0 Å². The summed E-state index contributed by atoms with van der Waals surface area (Å²) in [6.45, 7) is 8.55. The summed E-state index contributed by atoms with van der Waals surface area (Å²) in [5.41, 5.74) is 3.09. The number of aryl methyl sites for hydroxylation is 1. The first-order chi connectivity index (χ1) is 10.2. The van der Waals surface area contributed by atoms with Crippen molar-refractivity contribution in [2.45, 2.75) is 40.2 Å². The van der Waals surface area contributed by atoms with Crippen molar-refractivity contribution < 1.29 is 4.74 Å². The Bertz CT molecular complexity index is 515. The van der Waals surface area contributed by atoms with E-state index in [0.717, 1.165) is 47.5 Å². The van der Waals surface area contributed by atoms with Crippen molar-refractivity contribution >= 4 is 29.9 Å². The summed E-state index contributed by atoms with van der Waals surface area (Å²) in [6, 6.07) is 0. The molecule has 1 aromatic rings. The minimum atomic E-state index is 0. The maximum atomic E-state index is 5.44. The molecule has 0 radical (unpaired) electrons. The highest BCUT2D eigenvalue weighted by atomic mass is 127. The first-order valence-corrected chi connectivity index (χ1v) is 7.67. The monoisotopic (exact) mass is 418 g/mol. The van der Waals surface area contributed by atoms with Gasteiger partial charge >= 0.3 is 0 Å². The Morgan fingerprint density at radius 1 is 1.36 bits per heavy atom. The average Bonchev–Trinajstić information content (AvgIpc) is 3.28. The second kappa shape index (κ2) is 9.17. The van der Waals surface area contributed by atoms with E-state index in [-0.39, 0.29) is 24.0 Å². The molecule has 2 N–H and O–H groups in total. The van der Waals surface area contributed by atoms with E-state index in [1.807, 2.05) is 20.0 Å². The van der Waals surface area contributed by atoms with Gasteiger partial charge in [0.25, 0.3) is 0 Å². The molecule has 1 aliphatic rings. The minimum absolute atomic E-state index is 0.